The van der Waals surface area contributed by atoms with Crippen molar-refractivity contribution in [2.24, 2.45) is 11.0 Å². The van der Waals surface area contributed by atoms with Gasteiger partial charge < -0.3 is 9.84 Å². The number of aliphatic hydroxyl groups excluding tert-OH is 1. The molecule has 0 radical (unpaired) electrons. The first-order valence-corrected chi connectivity index (χ1v) is 6.50. The fraction of sp³-hybridized carbons (Fsp3) is 0.385. The molecule has 2 rings (SSSR count). The van der Waals surface area contributed by atoms with Crippen LogP contribution in [0.15, 0.2) is 17.2 Å². The monoisotopic (exact) mass is 300 g/mol. The van der Waals surface area contributed by atoms with E-state index in [0.29, 0.717) is 5.71 Å². The lowest BCUT2D eigenvalue weighted by atomic mass is 9.94. The van der Waals surface area contributed by atoms with Gasteiger partial charge in [0.25, 0.3) is 0 Å². The predicted molar refractivity (Wildman–Crippen MR) is 72.5 cm³/mol. The molecule has 1 amide bonds. The minimum atomic E-state index is -0.649. The molecule has 7 heteroatoms. The van der Waals surface area contributed by atoms with Crippen molar-refractivity contribution >= 4 is 23.2 Å². The minimum absolute atomic E-state index is 0.0336. The first-order chi connectivity index (χ1) is 9.54. The van der Waals surface area contributed by atoms with E-state index in [2.05, 4.69) is 10.5 Å². The molecule has 0 saturated heterocycles. The highest BCUT2D eigenvalue weighted by atomic mass is 35.5. The molecule has 1 atom stereocenters. The van der Waals surface area contributed by atoms with E-state index in [1.54, 1.807) is 6.92 Å². The molecule has 1 aliphatic rings. The summed E-state index contributed by atoms with van der Waals surface area (Å²) >= 11 is 5.91. The van der Waals surface area contributed by atoms with Gasteiger partial charge in [0.2, 0.25) is 5.91 Å². The highest BCUT2D eigenvalue weighted by Crippen LogP contribution is 2.31. The maximum absolute atomic E-state index is 14.3. The summed E-state index contributed by atoms with van der Waals surface area (Å²) in [6, 6.07) is 3.02. The SMILES string of the molecule is C[C@@H]1CC(=O)NN=C1c1ccc(OCCO)c(Cl)c1F. The molecular formula is C13H14ClFN2O3. The second-order valence-corrected chi connectivity index (χ2v) is 4.83. The van der Waals surface area contributed by atoms with Crippen LogP contribution >= 0.6 is 11.6 Å². The molecule has 5 nitrogen and oxygen atoms in total. The number of hydrazone groups is 1. The van der Waals surface area contributed by atoms with Crippen LogP contribution in [0.1, 0.15) is 18.9 Å². The fourth-order valence-electron chi connectivity index (χ4n) is 1.98. The summed E-state index contributed by atoms with van der Waals surface area (Å²) in [5, 5.41) is 12.4. The molecule has 1 aromatic rings. The van der Waals surface area contributed by atoms with Gasteiger partial charge in [-0.05, 0) is 12.1 Å². The summed E-state index contributed by atoms with van der Waals surface area (Å²) in [5.74, 6) is -0.881. The average molecular weight is 301 g/mol. The van der Waals surface area contributed by atoms with Gasteiger partial charge in [-0.25, -0.2) is 9.82 Å². The quantitative estimate of drug-likeness (QED) is 0.889. The standard InChI is InChI=1S/C13H14ClFN2O3/c1-7-6-10(19)16-17-13(7)8-2-3-9(20-5-4-18)11(14)12(8)15/h2-3,7,18H,4-6H2,1H3,(H,16,19)/t7-/m1/s1. The Morgan fingerprint density at radius 1 is 1.60 bits per heavy atom. The van der Waals surface area contributed by atoms with Gasteiger partial charge in [0.05, 0.1) is 12.3 Å². The zero-order valence-corrected chi connectivity index (χ0v) is 11.6. The summed E-state index contributed by atoms with van der Waals surface area (Å²) in [6.07, 6.45) is 0.249. The molecule has 1 aliphatic heterocycles. The number of halogens is 2. The molecule has 0 bridgehead atoms. The number of nitrogens with zero attached hydrogens (tertiary/aromatic N) is 1. The van der Waals surface area contributed by atoms with E-state index in [9.17, 15) is 9.18 Å². The lowest BCUT2D eigenvalue weighted by Gasteiger charge is -2.20. The topological polar surface area (TPSA) is 70.9 Å². The van der Waals surface area contributed by atoms with Crippen LogP contribution in [0.2, 0.25) is 5.02 Å². The van der Waals surface area contributed by atoms with E-state index in [1.807, 2.05) is 0 Å². The van der Waals surface area contributed by atoms with E-state index in [4.69, 9.17) is 21.4 Å². The summed E-state index contributed by atoms with van der Waals surface area (Å²) < 4.78 is 19.4. The Hall–Kier alpha value is -1.66. The Balaban J connectivity index is 2.34. The smallest absolute Gasteiger partial charge is 0.240 e. The zero-order valence-electron chi connectivity index (χ0n) is 10.8. The van der Waals surface area contributed by atoms with E-state index in [1.165, 1.54) is 12.1 Å². The van der Waals surface area contributed by atoms with Crippen molar-refractivity contribution in [1.29, 1.82) is 0 Å². The summed E-state index contributed by atoms with van der Waals surface area (Å²) in [6.45, 7) is 1.64. The lowest BCUT2D eigenvalue weighted by Crippen LogP contribution is -2.32. The number of hydrogen-bond donors (Lipinski definition) is 2. The third-order valence-corrected chi connectivity index (χ3v) is 3.28. The molecule has 108 valence electrons. The number of ether oxygens (including phenoxy) is 1. The van der Waals surface area contributed by atoms with E-state index >= 15 is 0 Å². The number of hydrogen-bond acceptors (Lipinski definition) is 4. The van der Waals surface area contributed by atoms with Gasteiger partial charge in [0.15, 0.2) is 5.82 Å². The van der Waals surface area contributed by atoms with Crippen molar-refractivity contribution < 1.29 is 19.0 Å². The van der Waals surface area contributed by atoms with Crippen molar-refractivity contribution in [2.45, 2.75) is 13.3 Å². The number of carbonyl (C=O) groups is 1. The second kappa shape index (κ2) is 6.19. The van der Waals surface area contributed by atoms with Gasteiger partial charge in [-0.1, -0.05) is 18.5 Å². The first-order valence-electron chi connectivity index (χ1n) is 6.13. The van der Waals surface area contributed by atoms with Crippen LogP contribution in [0.25, 0.3) is 0 Å². The number of carbonyl (C=O) groups excluding carboxylic acids is 1. The molecule has 2 N–H and O–H groups in total. The van der Waals surface area contributed by atoms with Crippen molar-refractivity contribution in [2.75, 3.05) is 13.2 Å². The Labute approximate surface area is 120 Å². The number of rotatable bonds is 4. The molecule has 1 aromatic carbocycles. The Kier molecular flexibility index (Phi) is 4.57. The molecule has 20 heavy (non-hydrogen) atoms. The van der Waals surface area contributed by atoms with Gasteiger partial charge in [-0.2, -0.15) is 5.10 Å². The maximum atomic E-state index is 14.3. The van der Waals surface area contributed by atoms with Gasteiger partial charge in [-0.3, -0.25) is 4.79 Å². The van der Waals surface area contributed by atoms with Crippen molar-refractivity contribution in [3.05, 3.63) is 28.5 Å². The average Bonchev–Trinajstić information content (AvgIpc) is 2.41. The lowest BCUT2D eigenvalue weighted by molar-refractivity contribution is -0.121. The van der Waals surface area contributed by atoms with Crippen LogP contribution in [0.3, 0.4) is 0 Å². The molecular weight excluding hydrogens is 287 g/mol. The van der Waals surface area contributed by atoms with Crippen LogP contribution < -0.4 is 10.2 Å². The third kappa shape index (κ3) is 2.91. The van der Waals surface area contributed by atoms with Crippen LogP contribution in [0, 0.1) is 11.7 Å². The van der Waals surface area contributed by atoms with Crippen LogP contribution in [0.4, 0.5) is 4.39 Å². The molecule has 0 saturated carbocycles. The largest absolute Gasteiger partial charge is 0.490 e. The Morgan fingerprint density at radius 3 is 3.00 bits per heavy atom. The van der Waals surface area contributed by atoms with Gasteiger partial charge >= 0.3 is 0 Å². The van der Waals surface area contributed by atoms with Crippen molar-refractivity contribution in [3.8, 4) is 5.75 Å². The van der Waals surface area contributed by atoms with Gasteiger partial charge in [0.1, 0.15) is 17.4 Å². The molecule has 1 heterocycles. The normalized spacial score (nSPS) is 18.5. The highest BCUT2D eigenvalue weighted by Gasteiger charge is 2.25. The molecule has 0 aromatic heterocycles. The zero-order chi connectivity index (χ0) is 14.7. The van der Waals surface area contributed by atoms with E-state index in [0.717, 1.165) is 0 Å². The summed E-state index contributed by atoms with van der Waals surface area (Å²) in [4.78, 5) is 11.2. The second-order valence-electron chi connectivity index (χ2n) is 4.45. The van der Waals surface area contributed by atoms with E-state index in [-0.39, 0.29) is 47.8 Å². The van der Waals surface area contributed by atoms with Crippen LogP contribution in [-0.4, -0.2) is 29.9 Å². The summed E-state index contributed by atoms with van der Waals surface area (Å²) in [5.41, 5.74) is 3.01. The number of aliphatic hydroxyl groups is 1. The maximum Gasteiger partial charge on any atom is 0.240 e. The molecule has 0 spiro atoms. The van der Waals surface area contributed by atoms with Gasteiger partial charge in [-0.15, -0.1) is 0 Å². The van der Waals surface area contributed by atoms with Gasteiger partial charge in [0, 0.05) is 17.9 Å². The Bertz CT molecular complexity index is 563. The highest BCUT2D eigenvalue weighted by molar-refractivity contribution is 6.32. The number of benzene rings is 1. The molecule has 0 unspecified atom stereocenters. The predicted octanol–water partition coefficient (Wildman–Crippen LogP) is 1.71. The molecule has 0 fully saturated rings. The van der Waals surface area contributed by atoms with Crippen LogP contribution in [0.5, 0.6) is 5.75 Å². The fourth-order valence-corrected chi connectivity index (χ4v) is 2.19. The number of nitrogens with one attached hydrogen (secondary N) is 1. The van der Waals surface area contributed by atoms with Crippen molar-refractivity contribution in [1.82, 2.24) is 5.43 Å². The van der Waals surface area contributed by atoms with E-state index < -0.39 is 5.82 Å². The minimum Gasteiger partial charge on any atom is -0.490 e. The molecule has 0 aliphatic carbocycles. The van der Waals surface area contributed by atoms with Crippen LogP contribution in [-0.2, 0) is 4.79 Å². The number of amides is 1. The third-order valence-electron chi connectivity index (χ3n) is 2.93. The Morgan fingerprint density at radius 2 is 2.35 bits per heavy atom. The first kappa shape index (κ1) is 14.7. The summed E-state index contributed by atoms with van der Waals surface area (Å²) in [7, 11) is 0. The van der Waals surface area contributed by atoms with Crippen molar-refractivity contribution in [3.63, 3.8) is 0 Å².